The number of unbranched alkanes of at least 4 members (excludes halogenated alkanes) is 1. The van der Waals surface area contributed by atoms with E-state index in [4.69, 9.17) is 0 Å². The van der Waals surface area contributed by atoms with Crippen LogP contribution < -0.4 is 0 Å². The maximum Gasteiger partial charge on any atom is -0.0314 e. The van der Waals surface area contributed by atoms with E-state index in [-0.39, 0.29) is 0 Å². The van der Waals surface area contributed by atoms with Gasteiger partial charge >= 0.3 is 0 Å². The fourth-order valence-electron chi connectivity index (χ4n) is 0.777. The van der Waals surface area contributed by atoms with Crippen LogP contribution in [0.2, 0.25) is 0 Å². The van der Waals surface area contributed by atoms with Gasteiger partial charge in [0.15, 0.2) is 0 Å². The normalized spacial score (nSPS) is 12.9. The molecule has 0 N–H and O–H groups in total. The minimum atomic E-state index is 1.20. The summed E-state index contributed by atoms with van der Waals surface area (Å²) in [6.45, 7) is 6.18. The van der Waals surface area contributed by atoms with Gasteiger partial charge < -0.3 is 0 Å². The van der Waals surface area contributed by atoms with Gasteiger partial charge in [0.2, 0.25) is 0 Å². The lowest BCUT2D eigenvalue weighted by Crippen LogP contribution is -1.76. The summed E-state index contributed by atoms with van der Waals surface area (Å²) < 4.78 is 0. The molecule has 0 nitrogen and oxygen atoms in total. The van der Waals surface area contributed by atoms with Crippen LogP contribution in [0, 0.1) is 6.08 Å². The summed E-state index contributed by atoms with van der Waals surface area (Å²) in [6.07, 6.45) is 11.1. The standard InChI is InChI=1S/C10H17/c1-4-6-7-8-9-10(3)5-2/h4,6H,7-9H2,1-3H3. The lowest BCUT2D eigenvalue weighted by Gasteiger charge is -1.95. The highest BCUT2D eigenvalue weighted by atomic mass is 13.9. The molecule has 1 radical (unpaired) electrons. The SMILES string of the molecule is C/[C]=C(\C)CCCC=CC. The van der Waals surface area contributed by atoms with Crippen molar-refractivity contribution in [1.29, 1.82) is 0 Å². The summed E-state index contributed by atoms with van der Waals surface area (Å²) >= 11 is 0. The molecule has 0 aromatic heterocycles. The molecule has 0 fully saturated rings. The van der Waals surface area contributed by atoms with E-state index in [2.05, 4.69) is 32.1 Å². The Morgan fingerprint density at radius 2 is 2.20 bits per heavy atom. The number of rotatable bonds is 4. The largest absolute Gasteiger partial charge is 0.0917 e. The van der Waals surface area contributed by atoms with E-state index in [1.54, 1.807) is 0 Å². The molecular formula is C10H17. The van der Waals surface area contributed by atoms with Gasteiger partial charge in [0, 0.05) is 0 Å². The lowest BCUT2D eigenvalue weighted by molar-refractivity contribution is 0.827. The summed E-state index contributed by atoms with van der Waals surface area (Å²) in [7, 11) is 0. The minimum absolute atomic E-state index is 1.20. The third-order valence-electron chi connectivity index (χ3n) is 1.59. The number of hydrogen-bond acceptors (Lipinski definition) is 0. The van der Waals surface area contributed by atoms with Crippen LogP contribution in [0.5, 0.6) is 0 Å². The van der Waals surface area contributed by atoms with Crippen LogP contribution in [0.15, 0.2) is 17.7 Å². The molecule has 0 aliphatic rings. The van der Waals surface area contributed by atoms with Gasteiger partial charge in [0.05, 0.1) is 0 Å². The molecule has 0 aliphatic carbocycles. The second-order valence-electron chi connectivity index (χ2n) is 2.49. The third-order valence-corrected chi connectivity index (χ3v) is 1.59. The topological polar surface area (TPSA) is 0 Å². The summed E-state index contributed by atoms with van der Waals surface area (Å²) in [5.74, 6) is 0. The smallest absolute Gasteiger partial charge is 0.0314 e. The molecule has 0 saturated heterocycles. The molecule has 0 aromatic rings. The molecule has 0 amide bonds. The molecule has 0 aliphatic heterocycles. The predicted molar refractivity (Wildman–Crippen MR) is 46.8 cm³/mol. The van der Waals surface area contributed by atoms with E-state index in [0.717, 1.165) is 0 Å². The van der Waals surface area contributed by atoms with Gasteiger partial charge in [-0.2, -0.15) is 0 Å². The Labute approximate surface area is 64.6 Å². The summed E-state index contributed by atoms with van der Waals surface area (Å²) in [4.78, 5) is 0. The van der Waals surface area contributed by atoms with E-state index < -0.39 is 0 Å². The van der Waals surface area contributed by atoms with E-state index in [1.807, 2.05) is 6.92 Å². The Balaban J connectivity index is 3.20. The van der Waals surface area contributed by atoms with E-state index in [9.17, 15) is 0 Å². The molecule has 0 rings (SSSR count). The van der Waals surface area contributed by atoms with Crippen LogP contribution in [0.1, 0.15) is 40.0 Å². The first kappa shape index (κ1) is 9.48. The molecule has 0 aromatic carbocycles. The average molecular weight is 137 g/mol. The quantitative estimate of drug-likeness (QED) is 0.411. The number of hydrogen-bond donors (Lipinski definition) is 0. The molecule has 10 heavy (non-hydrogen) atoms. The highest BCUT2D eigenvalue weighted by molar-refractivity contribution is 4.90. The first-order valence-electron chi connectivity index (χ1n) is 3.92. The molecule has 57 valence electrons. The predicted octanol–water partition coefficient (Wildman–Crippen LogP) is 3.50. The Morgan fingerprint density at radius 3 is 2.70 bits per heavy atom. The van der Waals surface area contributed by atoms with Crippen molar-refractivity contribution in [3.05, 3.63) is 23.8 Å². The van der Waals surface area contributed by atoms with Gasteiger partial charge in [-0.15, -0.1) is 0 Å². The summed E-state index contributed by atoms with van der Waals surface area (Å²) in [5.41, 5.74) is 1.38. The first-order chi connectivity index (χ1) is 4.81. The maximum atomic E-state index is 3.13. The molecule has 0 atom stereocenters. The van der Waals surface area contributed by atoms with Crippen LogP contribution >= 0.6 is 0 Å². The van der Waals surface area contributed by atoms with Gasteiger partial charge in [0.1, 0.15) is 0 Å². The van der Waals surface area contributed by atoms with Crippen LogP contribution in [-0.2, 0) is 0 Å². The van der Waals surface area contributed by atoms with Crippen molar-refractivity contribution in [2.45, 2.75) is 40.0 Å². The molecule has 0 saturated carbocycles. The van der Waals surface area contributed by atoms with Crippen molar-refractivity contribution in [2.75, 3.05) is 0 Å². The van der Waals surface area contributed by atoms with E-state index in [1.165, 1.54) is 24.8 Å². The van der Waals surface area contributed by atoms with Gasteiger partial charge in [0.25, 0.3) is 0 Å². The van der Waals surface area contributed by atoms with Gasteiger partial charge in [-0.1, -0.05) is 17.7 Å². The van der Waals surface area contributed by atoms with Crippen molar-refractivity contribution in [1.82, 2.24) is 0 Å². The molecule has 0 bridgehead atoms. The molecule has 0 spiro atoms. The second-order valence-corrected chi connectivity index (χ2v) is 2.49. The zero-order chi connectivity index (χ0) is 7.82. The average Bonchev–Trinajstić information content (AvgIpc) is 1.98. The van der Waals surface area contributed by atoms with Crippen LogP contribution in [0.4, 0.5) is 0 Å². The van der Waals surface area contributed by atoms with Crippen molar-refractivity contribution in [3.63, 3.8) is 0 Å². The van der Waals surface area contributed by atoms with Gasteiger partial charge in [-0.25, -0.2) is 0 Å². The third kappa shape index (κ3) is 5.61. The second kappa shape index (κ2) is 6.60. The minimum Gasteiger partial charge on any atom is -0.0917 e. The summed E-state index contributed by atoms with van der Waals surface area (Å²) in [5, 5.41) is 0. The van der Waals surface area contributed by atoms with Crippen molar-refractivity contribution < 1.29 is 0 Å². The number of allylic oxidation sites excluding steroid dienone is 4. The van der Waals surface area contributed by atoms with Crippen LogP contribution in [0.3, 0.4) is 0 Å². The molecule has 0 unspecified atom stereocenters. The fourth-order valence-corrected chi connectivity index (χ4v) is 0.777. The Morgan fingerprint density at radius 1 is 1.50 bits per heavy atom. The van der Waals surface area contributed by atoms with Crippen LogP contribution in [0.25, 0.3) is 0 Å². The van der Waals surface area contributed by atoms with Gasteiger partial charge in [-0.3, -0.25) is 0 Å². The van der Waals surface area contributed by atoms with Crippen molar-refractivity contribution >= 4 is 0 Å². The highest BCUT2D eigenvalue weighted by Crippen LogP contribution is 2.05. The molecule has 0 heteroatoms. The van der Waals surface area contributed by atoms with Gasteiger partial charge in [-0.05, 0) is 46.1 Å². The monoisotopic (exact) mass is 137 g/mol. The molecule has 0 heterocycles. The fraction of sp³-hybridized carbons (Fsp3) is 0.600. The maximum absolute atomic E-state index is 3.13. The van der Waals surface area contributed by atoms with Crippen molar-refractivity contribution in [2.24, 2.45) is 0 Å². The zero-order valence-electron chi connectivity index (χ0n) is 7.28. The zero-order valence-corrected chi connectivity index (χ0v) is 7.28. The highest BCUT2D eigenvalue weighted by Gasteiger charge is 1.86. The Kier molecular flexibility index (Phi) is 6.25. The Hall–Kier alpha value is -0.520. The summed E-state index contributed by atoms with van der Waals surface area (Å²) in [6, 6.07) is 0. The van der Waals surface area contributed by atoms with Crippen molar-refractivity contribution in [3.8, 4) is 0 Å². The van der Waals surface area contributed by atoms with E-state index in [0.29, 0.717) is 0 Å². The Bertz CT molecular complexity index is 118. The van der Waals surface area contributed by atoms with Crippen LogP contribution in [-0.4, -0.2) is 0 Å². The molecular weight excluding hydrogens is 120 g/mol. The first-order valence-corrected chi connectivity index (χ1v) is 3.92. The lowest BCUT2D eigenvalue weighted by atomic mass is 10.1. The van der Waals surface area contributed by atoms with E-state index >= 15 is 0 Å².